The molecule has 1 nitrogen and oxygen atoms in total. The average molecular weight is 331 g/mol. The van der Waals surface area contributed by atoms with Crippen molar-refractivity contribution in [2.45, 2.75) is 19.4 Å². The van der Waals surface area contributed by atoms with Crippen LogP contribution in [-0.2, 0) is 6.42 Å². The topological polar surface area (TPSA) is 26.0 Å². The summed E-state index contributed by atoms with van der Waals surface area (Å²) >= 11 is 11.4. The Hall–Kier alpha value is -0.350. The quantitative estimate of drug-likeness (QED) is 0.866. The van der Waals surface area contributed by atoms with Gasteiger partial charge < -0.3 is 5.73 Å². The van der Waals surface area contributed by atoms with Gasteiger partial charge in [-0.3, -0.25) is 0 Å². The van der Waals surface area contributed by atoms with E-state index in [-0.39, 0.29) is 6.04 Å². The second-order valence-corrected chi connectivity index (χ2v) is 6.25. The first-order valence-electron chi connectivity index (χ1n) is 5.31. The highest BCUT2D eigenvalue weighted by molar-refractivity contribution is 9.10. The molecule has 2 N–H and O–H groups in total. The predicted octanol–water partition coefficient (Wildman–Crippen LogP) is 4.71. The van der Waals surface area contributed by atoms with Crippen LogP contribution >= 0.6 is 38.9 Å². The van der Waals surface area contributed by atoms with E-state index < -0.39 is 0 Å². The number of rotatable bonds is 3. The monoisotopic (exact) mass is 329 g/mol. The number of aryl methyl sites for hydroxylation is 1. The molecule has 17 heavy (non-hydrogen) atoms. The van der Waals surface area contributed by atoms with Crippen LogP contribution in [0.4, 0.5) is 0 Å². The summed E-state index contributed by atoms with van der Waals surface area (Å²) in [6.45, 7) is 2.03. The fourth-order valence-corrected chi connectivity index (χ4v) is 3.70. The molecular formula is C13H13BrClNS. The highest BCUT2D eigenvalue weighted by atomic mass is 79.9. The third-order valence-corrected chi connectivity index (χ3v) is 4.98. The van der Waals surface area contributed by atoms with Gasteiger partial charge in [0.25, 0.3) is 0 Å². The lowest BCUT2D eigenvalue weighted by Crippen LogP contribution is -2.12. The highest BCUT2D eigenvalue weighted by Crippen LogP contribution is 2.31. The van der Waals surface area contributed by atoms with Crippen LogP contribution in [0.5, 0.6) is 0 Å². The lowest BCUT2D eigenvalue weighted by Gasteiger charge is -2.12. The maximum Gasteiger partial charge on any atom is 0.0442 e. The molecule has 0 aliphatic heterocycles. The molecule has 1 atom stereocenters. The van der Waals surface area contributed by atoms with E-state index in [0.717, 1.165) is 21.5 Å². The van der Waals surface area contributed by atoms with Gasteiger partial charge >= 0.3 is 0 Å². The standard InChI is InChI=1S/C13H13BrClNS/c1-8-2-3-9(11(15)6-8)7-12(16)13-10(14)4-5-17-13/h2-6,12H,7,16H2,1H3. The van der Waals surface area contributed by atoms with Crippen LogP contribution < -0.4 is 5.73 Å². The van der Waals surface area contributed by atoms with Crippen LogP contribution in [-0.4, -0.2) is 0 Å². The van der Waals surface area contributed by atoms with Crippen LogP contribution in [0, 0.1) is 6.92 Å². The van der Waals surface area contributed by atoms with Gasteiger partial charge in [-0.1, -0.05) is 23.7 Å². The van der Waals surface area contributed by atoms with Gasteiger partial charge in [-0.15, -0.1) is 11.3 Å². The Kier molecular flexibility index (Phi) is 4.26. The molecule has 0 aliphatic carbocycles. The summed E-state index contributed by atoms with van der Waals surface area (Å²) in [4.78, 5) is 1.17. The summed E-state index contributed by atoms with van der Waals surface area (Å²) in [5, 5.41) is 2.84. The van der Waals surface area contributed by atoms with Crippen molar-refractivity contribution in [3.05, 3.63) is 55.1 Å². The molecule has 0 spiro atoms. The van der Waals surface area contributed by atoms with E-state index in [4.69, 9.17) is 17.3 Å². The van der Waals surface area contributed by atoms with Crippen molar-refractivity contribution in [1.82, 2.24) is 0 Å². The normalized spacial score (nSPS) is 12.7. The summed E-state index contributed by atoms with van der Waals surface area (Å²) in [6, 6.07) is 8.12. The van der Waals surface area contributed by atoms with Gasteiger partial charge in [-0.25, -0.2) is 0 Å². The molecule has 1 aromatic heterocycles. The van der Waals surface area contributed by atoms with Crippen LogP contribution in [0.15, 0.2) is 34.1 Å². The molecule has 1 unspecified atom stereocenters. The third kappa shape index (κ3) is 3.10. The predicted molar refractivity (Wildman–Crippen MR) is 78.8 cm³/mol. The Bertz CT molecular complexity index is 524. The van der Waals surface area contributed by atoms with E-state index in [9.17, 15) is 0 Å². The molecule has 1 heterocycles. The first kappa shape index (κ1) is 13.1. The van der Waals surface area contributed by atoms with Crippen molar-refractivity contribution >= 4 is 38.9 Å². The SMILES string of the molecule is Cc1ccc(CC(N)c2sccc2Br)c(Cl)c1. The van der Waals surface area contributed by atoms with E-state index in [1.165, 1.54) is 10.4 Å². The molecule has 0 saturated carbocycles. The lowest BCUT2D eigenvalue weighted by molar-refractivity contribution is 0.733. The Labute approximate surface area is 119 Å². The lowest BCUT2D eigenvalue weighted by atomic mass is 10.0. The van der Waals surface area contributed by atoms with Gasteiger partial charge in [-0.05, 0) is 57.9 Å². The summed E-state index contributed by atoms with van der Waals surface area (Å²) in [7, 11) is 0. The Morgan fingerprint density at radius 1 is 1.41 bits per heavy atom. The van der Waals surface area contributed by atoms with Crippen molar-refractivity contribution in [3.8, 4) is 0 Å². The molecule has 2 rings (SSSR count). The fraction of sp³-hybridized carbons (Fsp3) is 0.231. The van der Waals surface area contributed by atoms with Gasteiger partial charge in [0.2, 0.25) is 0 Å². The molecule has 0 radical (unpaired) electrons. The number of hydrogen-bond donors (Lipinski definition) is 1. The maximum atomic E-state index is 6.21. The molecule has 0 saturated heterocycles. The van der Waals surface area contributed by atoms with Gasteiger partial charge in [0, 0.05) is 20.4 Å². The van der Waals surface area contributed by atoms with Crippen molar-refractivity contribution in [2.24, 2.45) is 5.73 Å². The number of thiophene rings is 1. The van der Waals surface area contributed by atoms with E-state index in [0.29, 0.717) is 0 Å². The zero-order valence-electron chi connectivity index (χ0n) is 9.41. The zero-order valence-corrected chi connectivity index (χ0v) is 12.6. The Morgan fingerprint density at radius 3 is 2.76 bits per heavy atom. The summed E-state index contributed by atoms with van der Waals surface area (Å²) < 4.78 is 1.08. The van der Waals surface area contributed by atoms with Gasteiger partial charge in [-0.2, -0.15) is 0 Å². The minimum absolute atomic E-state index is 0.00965. The third-order valence-electron chi connectivity index (χ3n) is 2.63. The molecule has 90 valence electrons. The molecule has 0 fully saturated rings. The first-order valence-corrected chi connectivity index (χ1v) is 7.36. The molecule has 1 aromatic carbocycles. The molecule has 0 aliphatic rings. The van der Waals surface area contributed by atoms with Crippen molar-refractivity contribution in [1.29, 1.82) is 0 Å². The maximum absolute atomic E-state index is 6.21. The summed E-state index contributed by atoms with van der Waals surface area (Å²) in [5.41, 5.74) is 8.47. The van der Waals surface area contributed by atoms with E-state index >= 15 is 0 Å². The second kappa shape index (κ2) is 5.53. The Morgan fingerprint density at radius 2 is 2.18 bits per heavy atom. The number of hydrogen-bond acceptors (Lipinski definition) is 2. The number of halogens is 2. The molecule has 0 bridgehead atoms. The number of nitrogens with two attached hydrogens (primary N) is 1. The minimum atomic E-state index is -0.00965. The highest BCUT2D eigenvalue weighted by Gasteiger charge is 2.13. The van der Waals surface area contributed by atoms with Gasteiger partial charge in [0.1, 0.15) is 0 Å². The zero-order chi connectivity index (χ0) is 12.4. The smallest absolute Gasteiger partial charge is 0.0442 e. The van der Waals surface area contributed by atoms with Crippen molar-refractivity contribution in [3.63, 3.8) is 0 Å². The van der Waals surface area contributed by atoms with Crippen LogP contribution in [0.3, 0.4) is 0 Å². The fourth-order valence-electron chi connectivity index (χ4n) is 1.72. The number of benzene rings is 1. The van der Waals surface area contributed by atoms with Crippen LogP contribution in [0.1, 0.15) is 22.0 Å². The largest absolute Gasteiger partial charge is 0.323 e. The van der Waals surface area contributed by atoms with Crippen molar-refractivity contribution in [2.75, 3.05) is 0 Å². The Balaban J connectivity index is 2.19. The van der Waals surface area contributed by atoms with E-state index in [1.807, 2.05) is 24.4 Å². The van der Waals surface area contributed by atoms with E-state index in [2.05, 4.69) is 28.1 Å². The first-order chi connectivity index (χ1) is 8.08. The molecule has 0 amide bonds. The average Bonchev–Trinajstić information content (AvgIpc) is 2.68. The molecular weight excluding hydrogens is 318 g/mol. The van der Waals surface area contributed by atoms with E-state index in [1.54, 1.807) is 11.3 Å². The molecule has 4 heteroatoms. The summed E-state index contributed by atoms with van der Waals surface area (Å²) in [5.74, 6) is 0. The second-order valence-electron chi connectivity index (χ2n) is 4.04. The summed E-state index contributed by atoms with van der Waals surface area (Å²) in [6.07, 6.45) is 0.762. The van der Waals surface area contributed by atoms with Crippen LogP contribution in [0.25, 0.3) is 0 Å². The molecule has 2 aromatic rings. The van der Waals surface area contributed by atoms with Gasteiger partial charge in [0.05, 0.1) is 0 Å². The van der Waals surface area contributed by atoms with Crippen molar-refractivity contribution < 1.29 is 0 Å². The minimum Gasteiger partial charge on any atom is -0.323 e. The van der Waals surface area contributed by atoms with Gasteiger partial charge in [0.15, 0.2) is 0 Å². The van der Waals surface area contributed by atoms with Crippen LogP contribution in [0.2, 0.25) is 5.02 Å².